The standard InChI is InChI=1S/C15H22FN3O3S/c1-10-12(23-11(2)18-10)13(20)19-7-4-15(16,5-8-19)14(21)17-6-9-22-3/h4-9H2,1-3H3,(H,17,21). The Morgan fingerprint density at radius 2 is 2.04 bits per heavy atom. The van der Waals surface area contributed by atoms with Crippen LogP contribution in [-0.2, 0) is 9.53 Å². The van der Waals surface area contributed by atoms with Gasteiger partial charge in [-0.2, -0.15) is 0 Å². The summed E-state index contributed by atoms with van der Waals surface area (Å²) in [7, 11) is 1.52. The number of hydrogen-bond acceptors (Lipinski definition) is 5. The fourth-order valence-electron chi connectivity index (χ4n) is 2.59. The molecule has 128 valence electrons. The zero-order chi connectivity index (χ0) is 17.0. The first-order chi connectivity index (χ1) is 10.9. The second-order valence-electron chi connectivity index (χ2n) is 5.65. The van der Waals surface area contributed by atoms with Crippen molar-refractivity contribution < 1.29 is 18.7 Å². The number of aromatic nitrogens is 1. The first-order valence-corrected chi connectivity index (χ1v) is 8.38. The lowest BCUT2D eigenvalue weighted by molar-refractivity contribution is -0.135. The van der Waals surface area contributed by atoms with Crippen LogP contribution in [0.25, 0.3) is 0 Å². The largest absolute Gasteiger partial charge is 0.383 e. The highest BCUT2D eigenvalue weighted by Crippen LogP contribution is 2.29. The Balaban J connectivity index is 1.93. The van der Waals surface area contributed by atoms with Crippen LogP contribution in [0.5, 0.6) is 0 Å². The van der Waals surface area contributed by atoms with Crippen LogP contribution in [-0.4, -0.2) is 60.7 Å². The number of halogens is 1. The van der Waals surface area contributed by atoms with Gasteiger partial charge in [0.25, 0.3) is 11.8 Å². The summed E-state index contributed by atoms with van der Waals surface area (Å²) in [4.78, 5) is 30.9. The van der Waals surface area contributed by atoms with E-state index in [2.05, 4.69) is 10.3 Å². The van der Waals surface area contributed by atoms with E-state index in [9.17, 15) is 14.0 Å². The molecule has 0 radical (unpaired) electrons. The van der Waals surface area contributed by atoms with Crippen molar-refractivity contribution in [1.82, 2.24) is 15.2 Å². The number of aryl methyl sites for hydroxylation is 2. The number of rotatable bonds is 5. The molecule has 1 fully saturated rings. The van der Waals surface area contributed by atoms with Gasteiger partial charge in [-0.3, -0.25) is 9.59 Å². The summed E-state index contributed by atoms with van der Waals surface area (Å²) in [6.45, 7) is 4.72. The fourth-order valence-corrected chi connectivity index (χ4v) is 3.48. The maximum atomic E-state index is 14.7. The van der Waals surface area contributed by atoms with E-state index in [0.717, 1.165) is 5.01 Å². The van der Waals surface area contributed by atoms with Crippen LogP contribution in [0.15, 0.2) is 0 Å². The van der Waals surface area contributed by atoms with E-state index >= 15 is 0 Å². The number of piperidine rings is 1. The molecule has 23 heavy (non-hydrogen) atoms. The van der Waals surface area contributed by atoms with E-state index in [1.54, 1.807) is 11.8 Å². The summed E-state index contributed by atoms with van der Waals surface area (Å²) < 4.78 is 19.5. The molecular weight excluding hydrogens is 321 g/mol. The lowest BCUT2D eigenvalue weighted by Gasteiger charge is -2.35. The molecule has 1 N–H and O–H groups in total. The Hall–Kier alpha value is -1.54. The third-order valence-electron chi connectivity index (χ3n) is 3.94. The quantitative estimate of drug-likeness (QED) is 0.822. The predicted octanol–water partition coefficient (Wildman–Crippen LogP) is 1.47. The van der Waals surface area contributed by atoms with Crippen LogP contribution in [0.2, 0.25) is 0 Å². The molecule has 0 aliphatic carbocycles. The summed E-state index contributed by atoms with van der Waals surface area (Å²) in [5.41, 5.74) is -1.21. The summed E-state index contributed by atoms with van der Waals surface area (Å²) in [6, 6.07) is 0. The number of alkyl halides is 1. The van der Waals surface area contributed by atoms with Gasteiger partial charge in [0.1, 0.15) is 4.88 Å². The Kier molecular flexibility index (Phi) is 5.69. The van der Waals surface area contributed by atoms with Crippen molar-refractivity contribution in [1.29, 1.82) is 0 Å². The first kappa shape index (κ1) is 17.8. The highest BCUT2D eigenvalue weighted by molar-refractivity contribution is 7.13. The normalized spacial score (nSPS) is 17.1. The maximum Gasteiger partial charge on any atom is 0.265 e. The molecule has 0 saturated carbocycles. The molecule has 2 rings (SSSR count). The lowest BCUT2D eigenvalue weighted by atomic mass is 9.92. The van der Waals surface area contributed by atoms with Gasteiger partial charge in [0.2, 0.25) is 0 Å². The number of methoxy groups -OCH3 is 1. The maximum absolute atomic E-state index is 14.7. The Bertz CT molecular complexity index is 583. The van der Waals surface area contributed by atoms with E-state index in [-0.39, 0.29) is 38.4 Å². The summed E-state index contributed by atoms with van der Waals surface area (Å²) in [5.74, 6) is -0.749. The highest BCUT2D eigenvalue weighted by Gasteiger charge is 2.42. The Labute approximate surface area is 139 Å². The van der Waals surface area contributed by atoms with E-state index in [1.807, 2.05) is 6.92 Å². The van der Waals surface area contributed by atoms with Crippen molar-refractivity contribution in [3.8, 4) is 0 Å². The molecule has 1 aromatic rings. The number of thiazole rings is 1. The summed E-state index contributed by atoms with van der Waals surface area (Å²) in [6.07, 6.45) is 0.0166. The minimum absolute atomic E-state index is 0.00832. The van der Waals surface area contributed by atoms with Crippen molar-refractivity contribution >= 4 is 23.2 Å². The molecule has 1 saturated heterocycles. The number of nitrogens with one attached hydrogen (secondary N) is 1. The van der Waals surface area contributed by atoms with Crippen LogP contribution in [0.1, 0.15) is 33.2 Å². The van der Waals surface area contributed by atoms with E-state index < -0.39 is 11.6 Å². The van der Waals surface area contributed by atoms with Gasteiger partial charge in [-0.15, -0.1) is 11.3 Å². The van der Waals surface area contributed by atoms with Gasteiger partial charge >= 0.3 is 0 Å². The molecule has 0 atom stereocenters. The van der Waals surface area contributed by atoms with Crippen molar-refractivity contribution in [3.05, 3.63) is 15.6 Å². The number of likely N-dealkylation sites (tertiary alicyclic amines) is 1. The van der Waals surface area contributed by atoms with Crippen LogP contribution in [0, 0.1) is 13.8 Å². The van der Waals surface area contributed by atoms with Gasteiger partial charge in [-0.25, -0.2) is 9.37 Å². The minimum atomic E-state index is -1.91. The van der Waals surface area contributed by atoms with Crippen LogP contribution in [0.3, 0.4) is 0 Å². The van der Waals surface area contributed by atoms with Crippen molar-refractivity contribution in [3.63, 3.8) is 0 Å². The first-order valence-electron chi connectivity index (χ1n) is 7.57. The van der Waals surface area contributed by atoms with Gasteiger partial charge < -0.3 is 15.0 Å². The minimum Gasteiger partial charge on any atom is -0.383 e. The second kappa shape index (κ2) is 7.35. The molecule has 0 bridgehead atoms. The number of carbonyl (C=O) groups excluding carboxylic acids is 2. The van der Waals surface area contributed by atoms with Gasteiger partial charge in [-0.1, -0.05) is 0 Å². The number of amides is 2. The third-order valence-corrected chi connectivity index (χ3v) is 5.00. The van der Waals surface area contributed by atoms with E-state index in [1.165, 1.54) is 18.4 Å². The third kappa shape index (κ3) is 4.06. The molecule has 0 aromatic carbocycles. The average Bonchev–Trinajstić information content (AvgIpc) is 2.86. The fraction of sp³-hybridized carbons (Fsp3) is 0.667. The van der Waals surface area contributed by atoms with E-state index in [4.69, 9.17) is 4.74 Å². The Morgan fingerprint density at radius 1 is 1.39 bits per heavy atom. The molecule has 1 aliphatic rings. The van der Waals surface area contributed by atoms with Gasteiger partial charge in [0.05, 0.1) is 17.3 Å². The van der Waals surface area contributed by atoms with Crippen molar-refractivity contribution in [2.24, 2.45) is 0 Å². The zero-order valence-corrected chi connectivity index (χ0v) is 14.5. The summed E-state index contributed by atoms with van der Waals surface area (Å²) >= 11 is 1.35. The highest BCUT2D eigenvalue weighted by atomic mass is 32.1. The number of ether oxygens (including phenoxy) is 1. The molecule has 0 spiro atoms. The summed E-state index contributed by atoms with van der Waals surface area (Å²) in [5, 5.41) is 3.37. The molecule has 6 nitrogen and oxygen atoms in total. The smallest absolute Gasteiger partial charge is 0.265 e. The van der Waals surface area contributed by atoms with Crippen molar-refractivity contribution in [2.75, 3.05) is 33.4 Å². The lowest BCUT2D eigenvalue weighted by Crippen LogP contribution is -2.52. The van der Waals surface area contributed by atoms with Crippen LogP contribution < -0.4 is 5.32 Å². The monoisotopic (exact) mass is 343 g/mol. The average molecular weight is 343 g/mol. The van der Waals surface area contributed by atoms with Gasteiger partial charge in [0, 0.05) is 39.6 Å². The number of nitrogens with zero attached hydrogens (tertiary/aromatic N) is 2. The molecule has 1 aliphatic heterocycles. The number of hydrogen-bond donors (Lipinski definition) is 1. The van der Waals surface area contributed by atoms with Crippen LogP contribution in [0.4, 0.5) is 4.39 Å². The molecule has 0 unspecified atom stereocenters. The Morgan fingerprint density at radius 3 is 2.57 bits per heavy atom. The molecular formula is C15H22FN3O3S. The van der Waals surface area contributed by atoms with Gasteiger partial charge in [-0.05, 0) is 13.8 Å². The second-order valence-corrected chi connectivity index (χ2v) is 6.86. The molecule has 8 heteroatoms. The zero-order valence-electron chi connectivity index (χ0n) is 13.6. The predicted molar refractivity (Wildman–Crippen MR) is 85.5 cm³/mol. The van der Waals surface area contributed by atoms with Crippen LogP contribution >= 0.6 is 11.3 Å². The molecule has 1 aromatic heterocycles. The van der Waals surface area contributed by atoms with Gasteiger partial charge in [0.15, 0.2) is 5.67 Å². The number of carbonyl (C=O) groups is 2. The topological polar surface area (TPSA) is 71.5 Å². The SMILES string of the molecule is COCCNC(=O)C1(F)CCN(C(=O)c2sc(C)nc2C)CC1. The van der Waals surface area contributed by atoms with E-state index in [0.29, 0.717) is 17.2 Å². The molecule has 2 amide bonds. The van der Waals surface area contributed by atoms with Crippen molar-refractivity contribution in [2.45, 2.75) is 32.4 Å². The molecule has 2 heterocycles.